The molecule has 0 fully saturated rings. The fourth-order valence-corrected chi connectivity index (χ4v) is 5.10. The number of anilines is 1. The number of carbonyl (C=O) groups is 1. The largest absolute Gasteiger partial charge is 0.325 e. The Morgan fingerprint density at radius 2 is 1.93 bits per heavy atom. The smallest absolute Gasteiger partial charge is 0.242 e. The molecule has 0 saturated carbocycles. The van der Waals surface area contributed by atoms with Crippen molar-refractivity contribution in [1.29, 1.82) is 0 Å². The fourth-order valence-electron chi connectivity index (χ4n) is 2.19. The molecule has 0 radical (unpaired) electrons. The van der Waals surface area contributed by atoms with Crippen LogP contribution in [0.2, 0.25) is 5.02 Å². The Bertz CT molecular complexity index is 1080. The zero-order valence-corrected chi connectivity index (χ0v) is 17.7. The second-order valence-corrected chi connectivity index (χ2v) is 10.6. The van der Waals surface area contributed by atoms with Gasteiger partial charge in [-0.2, -0.15) is 0 Å². The van der Waals surface area contributed by atoms with Gasteiger partial charge in [0.15, 0.2) is 4.34 Å². The molecule has 1 N–H and O–H groups in total. The number of sulfonamides is 1. The Hall–Kier alpha value is -1.65. The van der Waals surface area contributed by atoms with Gasteiger partial charge in [0, 0.05) is 24.8 Å². The molecule has 0 spiro atoms. The number of fused-ring (bicyclic) bond motifs is 1. The van der Waals surface area contributed by atoms with Gasteiger partial charge in [-0.05, 0) is 42.5 Å². The fraction of sp³-hybridized carbons (Fsp3) is 0.176. The number of benzene rings is 2. The lowest BCUT2D eigenvalue weighted by Gasteiger charge is -2.11. The van der Waals surface area contributed by atoms with Crippen molar-refractivity contribution in [3.63, 3.8) is 0 Å². The van der Waals surface area contributed by atoms with Crippen LogP contribution in [-0.2, 0) is 14.8 Å². The van der Waals surface area contributed by atoms with E-state index in [9.17, 15) is 13.2 Å². The third-order valence-electron chi connectivity index (χ3n) is 3.57. The number of nitrogens with one attached hydrogen (secondary N) is 1. The average Bonchev–Trinajstić information content (AvgIpc) is 3.02. The molecule has 3 rings (SSSR count). The Labute approximate surface area is 170 Å². The van der Waals surface area contributed by atoms with Crippen molar-refractivity contribution >= 4 is 66.5 Å². The first-order valence-corrected chi connectivity index (χ1v) is 11.4. The van der Waals surface area contributed by atoms with Gasteiger partial charge in [0.05, 0.1) is 20.9 Å². The van der Waals surface area contributed by atoms with Gasteiger partial charge in [0.2, 0.25) is 15.9 Å². The molecular formula is C17H16ClN3O3S3. The number of thiazole rings is 1. The first-order valence-electron chi connectivity index (χ1n) is 7.77. The molecule has 10 heteroatoms. The number of hydrogen-bond acceptors (Lipinski definition) is 6. The molecule has 0 bridgehead atoms. The molecule has 3 aromatic rings. The van der Waals surface area contributed by atoms with Gasteiger partial charge in [-0.25, -0.2) is 17.7 Å². The Morgan fingerprint density at radius 3 is 2.59 bits per heavy atom. The third kappa shape index (κ3) is 4.80. The molecule has 2 aromatic carbocycles. The van der Waals surface area contributed by atoms with Gasteiger partial charge in [-0.15, -0.1) is 11.3 Å². The van der Waals surface area contributed by atoms with E-state index in [-0.39, 0.29) is 16.6 Å². The lowest BCUT2D eigenvalue weighted by atomic mass is 10.3. The highest BCUT2D eigenvalue weighted by atomic mass is 35.5. The maximum atomic E-state index is 12.1. The van der Waals surface area contributed by atoms with E-state index in [0.29, 0.717) is 10.7 Å². The summed E-state index contributed by atoms with van der Waals surface area (Å²) in [5, 5.41) is 3.38. The minimum atomic E-state index is -3.48. The number of nitrogens with zero attached hydrogens (tertiary/aromatic N) is 2. The maximum absolute atomic E-state index is 12.1. The molecule has 0 atom stereocenters. The van der Waals surface area contributed by atoms with Crippen molar-refractivity contribution in [2.75, 3.05) is 25.2 Å². The van der Waals surface area contributed by atoms with E-state index >= 15 is 0 Å². The van der Waals surface area contributed by atoms with Gasteiger partial charge in [-0.1, -0.05) is 23.4 Å². The number of hydrogen-bond donors (Lipinski definition) is 1. The predicted octanol–water partition coefficient (Wildman–Crippen LogP) is 3.93. The summed E-state index contributed by atoms with van der Waals surface area (Å²) in [4.78, 5) is 16.8. The minimum Gasteiger partial charge on any atom is -0.325 e. The van der Waals surface area contributed by atoms with Gasteiger partial charge in [0.25, 0.3) is 0 Å². The molecule has 1 aromatic heterocycles. The van der Waals surface area contributed by atoms with Crippen LogP contribution in [0.4, 0.5) is 5.69 Å². The molecule has 0 unspecified atom stereocenters. The number of amides is 1. The summed E-state index contributed by atoms with van der Waals surface area (Å²) in [6, 6.07) is 11.6. The summed E-state index contributed by atoms with van der Waals surface area (Å²) in [6.07, 6.45) is 0. The summed E-state index contributed by atoms with van der Waals surface area (Å²) in [5.41, 5.74) is 1.35. The maximum Gasteiger partial charge on any atom is 0.242 e. The molecule has 6 nitrogen and oxygen atoms in total. The third-order valence-corrected chi connectivity index (χ3v) is 7.82. The van der Waals surface area contributed by atoms with Crippen LogP contribution in [0.3, 0.4) is 0 Å². The van der Waals surface area contributed by atoms with Crippen molar-refractivity contribution in [2.45, 2.75) is 9.24 Å². The highest BCUT2D eigenvalue weighted by molar-refractivity contribution is 8.01. The van der Waals surface area contributed by atoms with E-state index in [2.05, 4.69) is 10.3 Å². The number of aromatic nitrogens is 1. The van der Waals surface area contributed by atoms with Crippen LogP contribution in [0.25, 0.3) is 10.2 Å². The second kappa shape index (κ2) is 8.15. The first-order chi connectivity index (χ1) is 12.8. The zero-order valence-electron chi connectivity index (χ0n) is 14.5. The van der Waals surface area contributed by atoms with Gasteiger partial charge in [-0.3, -0.25) is 4.79 Å². The lowest BCUT2D eigenvalue weighted by molar-refractivity contribution is -0.113. The zero-order chi connectivity index (χ0) is 19.6. The van der Waals surface area contributed by atoms with Crippen molar-refractivity contribution in [1.82, 2.24) is 9.29 Å². The lowest BCUT2D eigenvalue weighted by Crippen LogP contribution is -2.22. The van der Waals surface area contributed by atoms with Crippen molar-refractivity contribution in [3.05, 3.63) is 47.5 Å². The van der Waals surface area contributed by atoms with Crippen LogP contribution >= 0.6 is 34.7 Å². The molecule has 1 heterocycles. The molecule has 0 saturated heterocycles. The molecule has 0 aliphatic carbocycles. The Morgan fingerprint density at radius 1 is 1.22 bits per heavy atom. The van der Waals surface area contributed by atoms with Gasteiger partial charge in [0.1, 0.15) is 0 Å². The minimum absolute atomic E-state index is 0.174. The molecule has 0 aliphatic heterocycles. The Kier molecular flexibility index (Phi) is 6.07. The number of thioether (sulfide) groups is 1. The Balaban J connectivity index is 1.60. The molecule has 1 amide bonds. The van der Waals surface area contributed by atoms with E-state index in [4.69, 9.17) is 11.6 Å². The summed E-state index contributed by atoms with van der Waals surface area (Å²) in [6.45, 7) is 0. The van der Waals surface area contributed by atoms with Gasteiger partial charge < -0.3 is 5.32 Å². The quantitative estimate of drug-likeness (QED) is 0.586. The first kappa shape index (κ1) is 20.1. The van der Waals surface area contributed by atoms with Crippen LogP contribution in [0.5, 0.6) is 0 Å². The van der Waals surface area contributed by atoms with E-state index in [1.165, 1.54) is 49.3 Å². The van der Waals surface area contributed by atoms with E-state index in [0.717, 1.165) is 18.9 Å². The average molecular weight is 442 g/mol. The highest BCUT2D eigenvalue weighted by Gasteiger charge is 2.17. The standard InChI is InChI=1S/C17H16ClN3O3S3/c1-21(2)27(23,24)13-6-4-12(5-7-13)19-16(22)10-25-17-20-14-9-11(18)3-8-15(14)26-17/h3-9H,10H2,1-2H3,(H,19,22). The summed E-state index contributed by atoms with van der Waals surface area (Å²) < 4.78 is 27.0. The molecule has 0 aliphatic rings. The summed E-state index contributed by atoms with van der Waals surface area (Å²) in [7, 11) is -0.543. The van der Waals surface area contributed by atoms with Crippen LogP contribution in [0.15, 0.2) is 51.7 Å². The van der Waals surface area contributed by atoms with E-state index in [1.807, 2.05) is 12.1 Å². The monoisotopic (exact) mass is 441 g/mol. The van der Waals surface area contributed by atoms with E-state index < -0.39 is 10.0 Å². The van der Waals surface area contributed by atoms with Crippen LogP contribution < -0.4 is 5.32 Å². The van der Waals surface area contributed by atoms with Crippen molar-refractivity contribution < 1.29 is 13.2 Å². The number of carbonyl (C=O) groups excluding carboxylic acids is 1. The van der Waals surface area contributed by atoms with Crippen LogP contribution in [-0.4, -0.2) is 43.5 Å². The highest BCUT2D eigenvalue weighted by Crippen LogP contribution is 2.31. The van der Waals surface area contributed by atoms with Crippen molar-refractivity contribution in [3.8, 4) is 0 Å². The van der Waals surface area contributed by atoms with E-state index in [1.54, 1.807) is 18.2 Å². The van der Waals surface area contributed by atoms with Crippen LogP contribution in [0.1, 0.15) is 0 Å². The number of rotatable bonds is 6. The normalized spacial score (nSPS) is 11.9. The SMILES string of the molecule is CN(C)S(=O)(=O)c1ccc(NC(=O)CSc2nc3cc(Cl)ccc3s2)cc1. The summed E-state index contributed by atoms with van der Waals surface area (Å²) >= 11 is 8.80. The second-order valence-electron chi connectivity index (χ2n) is 5.74. The van der Waals surface area contributed by atoms with Gasteiger partial charge >= 0.3 is 0 Å². The predicted molar refractivity (Wildman–Crippen MR) is 111 cm³/mol. The number of halogens is 1. The van der Waals surface area contributed by atoms with Crippen LogP contribution in [0, 0.1) is 0 Å². The molecule has 27 heavy (non-hydrogen) atoms. The summed E-state index contributed by atoms with van der Waals surface area (Å²) in [5.74, 6) is 0.00573. The topological polar surface area (TPSA) is 79.4 Å². The molecule has 142 valence electrons. The molecular weight excluding hydrogens is 426 g/mol. The van der Waals surface area contributed by atoms with Crippen molar-refractivity contribution in [2.24, 2.45) is 0 Å².